The lowest BCUT2D eigenvalue weighted by Gasteiger charge is -2.04. The Labute approximate surface area is 149 Å². The van der Waals surface area contributed by atoms with Crippen LogP contribution in [0.5, 0.6) is 5.75 Å². The Hall–Kier alpha value is -3.20. The Morgan fingerprint density at radius 2 is 1.77 bits per heavy atom. The number of anilines is 1. The van der Waals surface area contributed by atoms with Crippen LogP contribution in [0.2, 0.25) is 0 Å². The van der Waals surface area contributed by atoms with Gasteiger partial charge in [0.15, 0.2) is 9.84 Å². The molecule has 0 fully saturated rings. The molecular formula is C17H15N3O5S. The van der Waals surface area contributed by atoms with Crippen molar-refractivity contribution >= 4 is 21.8 Å². The molecule has 1 heterocycles. The lowest BCUT2D eigenvalue weighted by atomic mass is 10.2. The van der Waals surface area contributed by atoms with Crippen LogP contribution in [0.3, 0.4) is 0 Å². The van der Waals surface area contributed by atoms with Gasteiger partial charge in [0.2, 0.25) is 0 Å². The van der Waals surface area contributed by atoms with Crippen LogP contribution < -0.4 is 10.1 Å². The number of aromatic nitrogens is 2. The first-order valence-corrected chi connectivity index (χ1v) is 9.36. The summed E-state index contributed by atoms with van der Waals surface area (Å²) in [6.45, 7) is 0. The number of methoxy groups -OCH3 is 1. The number of benzene rings is 2. The number of hydrogen-bond acceptors (Lipinski definition) is 7. The van der Waals surface area contributed by atoms with E-state index >= 15 is 0 Å². The molecule has 0 radical (unpaired) electrons. The fraction of sp³-hybridized carbons (Fsp3) is 0.118. The summed E-state index contributed by atoms with van der Waals surface area (Å²) in [7, 11) is -1.94. The molecule has 1 amide bonds. The fourth-order valence-electron chi connectivity index (χ4n) is 2.26. The number of nitrogens with zero attached hydrogens (tertiary/aromatic N) is 2. The van der Waals surface area contributed by atoms with Crippen molar-refractivity contribution in [2.75, 3.05) is 18.7 Å². The molecule has 134 valence electrons. The van der Waals surface area contributed by atoms with Gasteiger partial charge in [-0.25, -0.2) is 8.42 Å². The zero-order chi connectivity index (χ0) is 18.7. The number of nitrogens with one attached hydrogen (secondary N) is 1. The average molecular weight is 373 g/mol. The second kappa shape index (κ2) is 6.96. The fourth-order valence-corrected chi connectivity index (χ4v) is 3.14. The van der Waals surface area contributed by atoms with E-state index in [-0.39, 0.29) is 22.4 Å². The van der Waals surface area contributed by atoms with Crippen molar-refractivity contribution in [2.45, 2.75) is 4.90 Å². The maximum Gasteiger partial charge on any atom is 0.322 e. The molecular weight excluding hydrogens is 358 g/mol. The molecule has 0 aliphatic heterocycles. The highest BCUT2D eigenvalue weighted by molar-refractivity contribution is 7.90. The predicted octanol–water partition coefficient (Wildman–Crippen LogP) is 2.40. The second-order valence-corrected chi connectivity index (χ2v) is 7.35. The molecule has 0 saturated heterocycles. The quantitative estimate of drug-likeness (QED) is 0.731. The van der Waals surface area contributed by atoms with Crippen molar-refractivity contribution < 1.29 is 22.4 Å². The third-order valence-corrected chi connectivity index (χ3v) is 4.67. The van der Waals surface area contributed by atoms with E-state index in [0.29, 0.717) is 11.3 Å². The van der Waals surface area contributed by atoms with E-state index in [2.05, 4.69) is 15.5 Å². The maximum absolute atomic E-state index is 12.2. The number of rotatable bonds is 5. The monoisotopic (exact) mass is 373 g/mol. The topological polar surface area (TPSA) is 111 Å². The number of hydrogen-bond donors (Lipinski definition) is 1. The summed E-state index contributed by atoms with van der Waals surface area (Å²) < 4.78 is 34.2. The lowest BCUT2D eigenvalue weighted by molar-refractivity contribution is 0.102. The Balaban J connectivity index is 1.83. The summed E-state index contributed by atoms with van der Waals surface area (Å²) in [4.78, 5) is 12.3. The van der Waals surface area contributed by atoms with Gasteiger partial charge in [-0.05, 0) is 36.4 Å². The molecule has 3 aromatic rings. The van der Waals surface area contributed by atoms with E-state index in [4.69, 9.17) is 9.15 Å². The van der Waals surface area contributed by atoms with Crippen LogP contribution in [0.4, 0.5) is 6.01 Å². The van der Waals surface area contributed by atoms with Crippen LogP contribution in [0.15, 0.2) is 57.8 Å². The minimum atomic E-state index is -3.47. The Morgan fingerprint density at radius 3 is 2.42 bits per heavy atom. The van der Waals surface area contributed by atoms with Crippen LogP contribution in [0.1, 0.15) is 10.4 Å². The van der Waals surface area contributed by atoms with Gasteiger partial charge in [-0.15, -0.1) is 5.10 Å². The molecule has 0 atom stereocenters. The first kappa shape index (κ1) is 17.6. The van der Waals surface area contributed by atoms with Crippen molar-refractivity contribution in [2.24, 2.45) is 0 Å². The van der Waals surface area contributed by atoms with Gasteiger partial charge in [-0.2, -0.15) is 0 Å². The Morgan fingerprint density at radius 1 is 1.08 bits per heavy atom. The largest absolute Gasteiger partial charge is 0.497 e. The summed E-state index contributed by atoms with van der Waals surface area (Å²) in [5.41, 5.74) is 0.648. The van der Waals surface area contributed by atoms with E-state index in [1.54, 1.807) is 42.5 Å². The van der Waals surface area contributed by atoms with Crippen molar-refractivity contribution in [3.05, 3.63) is 54.1 Å². The molecule has 3 rings (SSSR count). The van der Waals surface area contributed by atoms with Gasteiger partial charge in [0, 0.05) is 11.8 Å². The molecule has 0 spiro atoms. The summed E-state index contributed by atoms with van der Waals surface area (Å²) in [6.07, 6.45) is 1.09. The number of ether oxygens (including phenoxy) is 1. The number of carbonyl (C=O) groups is 1. The molecule has 0 bridgehead atoms. The van der Waals surface area contributed by atoms with E-state index in [1.807, 2.05) is 0 Å². The van der Waals surface area contributed by atoms with Crippen molar-refractivity contribution in [3.8, 4) is 17.2 Å². The molecule has 0 aliphatic carbocycles. The van der Waals surface area contributed by atoms with Crippen LogP contribution in [-0.2, 0) is 9.84 Å². The number of amides is 1. The number of carbonyl (C=O) groups excluding carboxylic acids is 1. The molecule has 1 N–H and O–H groups in total. The van der Waals surface area contributed by atoms with Gasteiger partial charge in [0.1, 0.15) is 5.75 Å². The molecule has 9 heteroatoms. The third kappa shape index (κ3) is 3.72. The Kier molecular flexibility index (Phi) is 4.72. The lowest BCUT2D eigenvalue weighted by Crippen LogP contribution is -2.11. The van der Waals surface area contributed by atoms with Crippen LogP contribution in [0, 0.1) is 0 Å². The molecule has 0 aliphatic rings. The van der Waals surface area contributed by atoms with Gasteiger partial charge < -0.3 is 9.15 Å². The second-order valence-electron chi connectivity index (χ2n) is 5.36. The van der Waals surface area contributed by atoms with Crippen LogP contribution in [0.25, 0.3) is 11.5 Å². The summed E-state index contributed by atoms with van der Waals surface area (Å²) in [6, 6.07) is 12.6. The highest BCUT2D eigenvalue weighted by Crippen LogP contribution is 2.27. The van der Waals surface area contributed by atoms with Crippen molar-refractivity contribution in [3.63, 3.8) is 0 Å². The van der Waals surface area contributed by atoms with E-state index in [0.717, 1.165) is 6.26 Å². The zero-order valence-corrected chi connectivity index (χ0v) is 14.8. The zero-order valence-electron chi connectivity index (χ0n) is 14.0. The van der Waals surface area contributed by atoms with Crippen molar-refractivity contribution in [1.29, 1.82) is 0 Å². The van der Waals surface area contributed by atoms with Gasteiger partial charge in [0.05, 0.1) is 17.6 Å². The van der Waals surface area contributed by atoms with E-state index in [9.17, 15) is 13.2 Å². The number of sulfone groups is 1. The highest BCUT2D eigenvalue weighted by atomic mass is 32.2. The van der Waals surface area contributed by atoms with Crippen molar-refractivity contribution in [1.82, 2.24) is 10.2 Å². The molecule has 0 saturated carbocycles. The third-order valence-electron chi connectivity index (χ3n) is 3.51. The molecule has 26 heavy (non-hydrogen) atoms. The highest BCUT2D eigenvalue weighted by Gasteiger charge is 2.19. The summed E-state index contributed by atoms with van der Waals surface area (Å²) in [5.74, 6) is 0.175. The predicted molar refractivity (Wildman–Crippen MR) is 93.8 cm³/mol. The average Bonchev–Trinajstić information content (AvgIpc) is 3.09. The molecule has 2 aromatic carbocycles. The summed E-state index contributed by atoms with van der Waals surface area (Å²) >= 11 is 0. The van der Waals surface area contributed by atoms with Crippen LogP contribution >= 0.6 is 0 Å². The minimum Gasteiger partial charge on any atom is -0.497 e. The van der Waals surface area contributed by atoms with Gasteiger partial charge in [0.25, 0.3) is 11.8 Å². The SMILES string of the molecule is COc1ccc(C(=O)Nc2nnc(-c3ccccc3S(C)(=O)=O)o2)cc1. The molecule has 8 nitrogen and oxygen atoms in total. The standard InChI is InChI=1S/C17H15N3O5S/c1-24-12-9-7-11(8-10-12)15(21)18-17-20-19-16(25-17)13-5-3-4-6-14(13)26(2,22)23/h3-10H,1-2H3,(H,18,20,21). The van der Waals surface area contributed by atoms with Gasteiger partial charge in [-0.1, -0.05) is 17.2 Å². The van der Waals surface area contributed by atoms with E-state index < -0.39 is 15.7 Å². The summed E-state index contributed by atoms with van der Waals surface area (Å²) in [5, 5.41) is 10.0. The smallest absolute Gasteiger partial charge is 0.322 e. The normalized spacial score (nSPS) is 11.2. The van der Waals surface area contributed by atoms with Gasteiger partial charge in [-0.3, -0.25) is 10.1 Å². The van der Waals surface area contributed by atoms with Gasteiger partial charge >= 0.3 is 6.01 Å². The molecule has 1 aromatic heterocycles. The maximum atomic E-state index is 12.2. The van der Waals surface area contributed by atoms with Crippen LogP contribution in [-0.4, -0.2) is 37.9 Å². The molecule has 0 unspecified atom stereocenters. The minimum absolute atomic E-state index is 0.00365. The first-order valence-electron chi connectivity index (χ1n) is 7.47. The first-order chi connectivity index (χ1) is 12.4. The van der Waals surface area contributed by atoms with E-state index in [1.165, 1.54) is 13.2 Å². The Bertz CT molecular complexity index is 1040.